The molecule has 0 fully saturated rings. The largest absolute Gasteiger partial charge is 0.471 e. The predicted molar refractivity (Wildman–Crippen MR) is 60.9 cm³/mol. The van der Waals surface area contributed by atoms with E-state index in [-0.39, 0.29) is 11.5 Å². The summed E-state index contributed by atoms with van der Waals surface area (Å²) in [6, 6.07) is 4.71. The van der Waals surface area contributed by atoms with E-state index in [1.54, 1.807) is 12.1 Å². The first kappa shape index (κ1) is 13.1. The van der Waals surface area contributed by atoms with Crippen molar-refractivity contribution in [3.63, 3.8) is 0 Å². The molecule has 18 heavy (non-hydrogen) atoms. The minimum absolute atomic E-state index is 0.00153. The molecule has 0 saturated carbocycles. The minimum Gasteiger partial charge on any atom is -0.446 e. The van der Waals surface area contributed by atoms with Crippen LogP contribution in [0.5, 0.6) is 11.5 Å². The van der Waals surface area contributed by atoms with Gasteiger partial charge in [0, 0.05) is 12.5 Å². The summed E-state index contributed by atoms with van der Waals surface area (Å²) < 4.78 is 50.0. The van der Waals surface area contributed by atoms with Crippen LogP contribution in [-0.2, 0) is 5.41 Å². The molecule has 0 saturated heterocycles. The van der Waals surface area contributed by atoms with Gasteiger partial charge in [-0.15, -0.1) is 0 Å². The molecule has 2 rings (SSSR count). The Hall–Kier alpha value is -1.39. The third kappa shape index (κ3) is 1.91. The molecule has 1 unspecified atom stereocenters. The number of fused-ring (bicyclic) bond motifs is 1. The summed E-state index contributed by atoms with van der Waals surface area (Å²) in [5.74, 6) is -3.26. The van der Waals surface area contributed by atoms with Crippen LogP contribution in [0.25, 0.3) is 0 Å². The van der Waals surface area contributed by atoms with Gasteiger partial charge < -0.3 is 9.47 Å². The van der Waals surface area contributed by atoms with Crippen molar-refractivity contribution in [3.8, 4) is 11.5 Å². The Balaban J connectivity index is 2.58. The fraction of sp³-hybridized carbons (Fsp3) is 0.538. The summed E-state index contributed by atoms with van der Waals surface area (Å²) in [5.41, 5.74) is 0.143. The molecule has 0 aliphatic carbocycles. The Bertz CT molecular complexity index is 476. The van der Waals surface area contributed by atoms with Crippen molar-refractivity contribution in [2.45, 2.75) is 45.1 Å². The third-order valence-corrected chi connectivity index (χ3v) is 2.84. The maximum atomic E-state index is 13.7. The first-order valence-corrected chi connectivity index (χ1v) is 5.63. The summed E-state index contributed by atoms with van der Waals surface area (Å²) in [4.78, 5) is 0. The molecule has 5 heteroatoms. The number of alkyl halides is 3. The Morgan fingerprint density at radius 2 is 1.67 bits per heavy atom. The number of hydrogen-bond donors (Lipinski definition) is 0. The van der Waals surface area contributed by atoms with Crippen LogP contribution in [0.1, 0.15) is 33.3 Å². The lowest BCUT2D eigenvalue weighted by Crippen LogP contribution is -2.53. The number of rotatable bonds is 0. The highest BCUT2D eigenvalue weighted by molar-refractivity contribution is 5.51. The second-order valence-corrected chi connectivity index (χ2v) is 5.52. The Morgan fingerprint density at radius 3 is 2.22 bits per heavy atom. The van der Waals surface area contributed by atoms with E-state index in [2.05, 4.69) is 4.74 Å². The van der Waals surface area contributed by atoms with E-state index in [0.717, 1.165) is 0 Å². The fourth-order valence-electron chi connectivity index (χ4n) is 1.78. The Morgan fingerprint density at radius 1 is 1.06 bits per heavy atom. The molecule has 1 aromatic carbocycles. The second-order valence-electron chi connectivity index (χ2n) is 5.52. The Labute approximate surface area is 104 Å². The van der Waals surface area contributed by atoms with Gasteiger partial charge >= 0.3 is 12.0 Å². The van der Waals surface area contributed by atoms with Crippen LogP contribution in [-0.4, -0.2) is 12.0 Å². The van der Waals surface area contributed by atoms with E-state index >= 15 is 0 Å². The van der Waals surface area contributed by atoms with Gasteiger partial charge in [0.2, 0.25) is 0 Å². The second kappa shape index (κ2) is 3.56. The van der Waals surface area contributed by atoms with Gasteiger partial charge in [-0.3, -0.25) is 0 Å². The molecule has 100 valence electrons. The molecule has 0 bridgehead atoms. The molecule has 1 aliphatic rings. The monoisotopic (exact) mass is 260 g/mol. The predicted octanol–water partition coefficient (Wildman–Crippen LogP) is 4.03. The van der Waals surface area contributed by atoms with Crippen LogP contribution in [0.3, 0.4) is 0 Å². The van der Waals surface area contributed by atoms with Gasteiger partial charge in [-0.25, -0.2) is 0 Å². The highest BCUT2D eigenvalue weighted by atomic mass is 19.3. The van der Waals surface area contributed by atoms with Crippen LogP contribution in [0.15, 0.2) is 18.2 Å². The van der Waals surface area contributed by atoms with Crippen molar-refractivity contribution in [2.75, 3.05) is 0 Å². The molecule has 1 heterocycles. The maximum absolute atomic E-state index is 13.7. The van der Waals surface area contributed by atoms with Gasteiger partial charge in [0.25, 0.3) is 0 Å². The zero-order valence-electron chi connectivity index (χ0n) is 10.7. The molecule has 0 aromatic heterocycles. The lowest BCUT2D eigenvalue weighted by molar-refractivity contribution is -0.332. The molecule has 0 N–H and O–H groups in total. The average Bonchev–Trinajstić information content (AvgIpc) is 2.16. The van der Waals surface area contributed by atoms with Crippen molar-refractivity contribution in [1.82, 2.24) is 0 Å². The number of hydrogen-bond acceptors (Lipinski definition) is 2. The van der Waals surface area contributed by atoms with Gasteiger partial charge in [0.1, 0.15) is 0 Å². The van der Waals surface area contributed by atoms with Gasteiger partial charge in [-0.1, -0.05) is 32.9 Å². The number of halogens is 3. The van der Waals surface area contributed by atoms with E-state index in [0.29, 0.717) is 12.5 Å². The molecular formula is C13H15F3O2. The minimum atomic E-state index is -4.01. The van der Waals surface area contributed by atoms with E-state index in [4.69, 9.17) is 4.74 Å². The van der Waals surface area contributed by atoms with E-state index in [1.165, 1.54) is 6.07 Å². The van der Waals surface area contributed by atoms with Crippen molar-refractivity contribution >= 4 is 0 Å². The van der Waals surface area contributed by atoms with Gasteiger partial charge in [0.05, 0.1) is 0 Å². The van der Waals surface area contributed by atoms with Crippen LogP contribution >= 0.6 is 0 Å². The normalized spacial score (nSPS) is 25.9. The number of ether oxygens (including phenoxy) is 2. The molecule has 1 aromatic rings. The zero-order valence-corrected chi connectivity index (χ0v) is 10.7. The fourth-order valence-corrected chi connectivity index (χ4v) is 1.78. The van der Waals surface area contributed by atoms with Crippen LogP contribution in [0, 0.1) is 0 Å². The van der Waals surface area contributed by atoms with E-state index in [9.17, 15) is 13.2 Å². The lowest BCUT2D eigenvalue weighted by Gasteiger charge is -2.37. The third-order valence-electron chi connectivity index (χ3n) is 2.84. The maximum Gasteiger partial charge on any atom is 0.471 e. The molecule has 1 aliphatic heterocycles. The molecule has 0 amide bonds. The van der Waals surface area contributed by atoms with Crippen LogP contribution < -0.4 is 9.47 Å². The highest BCUT2D eigenvalue weighted by Gasteiger charge is 2.60. The quantitative estimate of drug-likeness (QED) is 0.701. The smallest absolute Gasteiger partial charge is 0.446 e. The lowest BCUT2D eigenvalue weighted by atomic mass is 9.86. The highest BCUT2D eigenvalue weighted by Crippen LogP contribution is 2.49. The number of para-hydroxylation sites is 1. The van der Waals surface area contributed by atoms with Crippen molar-refractivity contribution in [2.24, 2.45) is 0 Å². The first-order chi connectivity index (χ1) is 8.05. The summed E-state index contributed by atoms with van der Waals surface area (Å²) in [6.07, 6.45) is -4.01. The van der Waals surface area contributed by atoms with Crippen molar-refractivity contribution < 1.29 is 22.6 Å². The summed E-state index contributed by atoms with van der Waals surface area (Å²) >= 11 is 0. The summed E-state index contributed by atoms with van der Waals surface area (Å²) in [5, 5.41) is 0. The van der Waals surface area contributed by atoms with Crippen molar-refractivity contribution in [1.29, 1.82) is 0 Å². The Kier molecular flexibility index (Phi) is 2.58. The van der Waals surface area contributed by atoms with Crippen molar-refractivity contribution in [3.05, 3.63) is 23.8 Å². The topological polar surface area (TPSA) is 18.5 Å². The molecule has 2 nitrogen and oxygen atoms in total. The van der Waals surface area contributed by atoms with Crippen LogP contribution in [0.4, 0.5) is 13.2 Å². The van der Waals surface area contributed by atoms with Gasteiger partial charge in [0.15, 0.2) is 11.5 Å². The van der Waals surface area contributed by atoms with E-state index < -0.39 is 17.4 Å². The SMILES string of the molecule is CC(C)(C)c1cccc2c1OC(F)(F)C(C)(F)O2. The van der Waals surface area contributed by atoms with Crippen LogP contribution in [0.2, 0.25) is 0 Å². The number of benzene rings is 1. The molecule has 1 atom stereocenters. The molecule has 0 spiro atoms. The summed E-state index contributed by atoms with van der Waals surface area (Å²) in [7, 11) is 0. The first-order valence-electron chi connectivity index (χ1n) is 5.63. The van der Waals surface area contributed by atoms with E-state index in [1.807, 2.05) is 20.8 Å². The zero-order chi connectivity index (χ0) is 13.8. The molecular weight excluding hydrogens is 245 g/mol. The summed E-state index contributed by atoms with van der Waals surface area (Å²) in [6.45, 7) is 6.22. The standard InChI is InChI=1S/C13H15F3O2/c1-11(2,3)8-6-5-7-9-10(8)18-13(15,16)12(4,14)17-9/h5-7H,1-4H3. The van der Waals surface area contributed by atoms with Gasteiger partial charge in [-0.2, -0.15) is 13.2 Å². The average molecular weight is 260 g/mol. The van der Waals surface area contributed by atoms with Gasteiger partial charge in [-0.05, 0) is 11.5 Å². The molecule has 0 radical (unpaired) electrons.